The van der Waals surface area contributed by atoms with Crippen molar-refractivity contribution in [1.82, 2.24) is 5.32 Å². The van der Waals surface area contributed by atoms with Crippen LogP contribution in [0.15, 0.2) is 24.3 Å². The molecule has 2 rings (SSSR count). The van der Waals surface area contributed by atoms with Crippen LogP contribution in [-0.4, -0.2) is 43.8 Å². The zero-order chi connectivity index (χ0) is 19.5. The molecular formula is C17H25N2O6P. The molecule has 1 aliphatic rings. The minimum Gasteiger partial charge on any atom is -0.444 e. The lowest BCUT2D eigenvalue weighted by atomic mass is 10.1. The van der Waals surface area contributed by atoms with Gasteiger partial charge in [-0.05, 0) is 52.0 Å². The summed E-state index contributed by atoms with van der Waals surface area (Å²) in [5, 5.41) is 2.60. The van der Waals surface area contributed by atoms with Gasteiger partial charge in [0, 0.05) is 24.9 Å². The Balaban J connectivity index is 2.05. The Kier molecular flexibility index (Phi) is 6.11. The number of alkyl carbamates (subject to hydrolysis) is 1. The van der Waals surface area contributed by atoms with E-state index < -0.39 is 25.5 Å². The molecule has 0 bridgehead atoms. The zero-order valence-corrected chi connectivity index (χ0v) is 16.5. The molecule has 1 aromatic carbocycles. The highest BCUT2D eigenvalue weighted by molar-refractivity contribution is 7.56. The van der Waals surface area contributed by atoms with Gasteiger partial charge in [0.25, 0.3) is 0 Å². The molecule has 1 N–H and O–H groups in total. The normalized spacial score (nSPS) is 23.0. The van der Waals surface area contributed by atoms with E-state index >= 15 is 0 Å². The molecule has 2 atom stereocenters. The van der Waals surface area contributed by atoms with Crippen LogP contribution in [0.1, 0.15) is 38.1 Å². The van der Waals surface area contributed by atoms with Crippen LogP contribution in [0.2, 0.25) is 0 Å². The number of benzene rings is 1. The number of carbonyl (C=O) groups is 2. The average molecular weight is 384 g/mol. The van der Waals surface area contributed by atoms with Gasteiger partial charge in [0.05, 0.1) is 6.54 Å². The summed E-state index contributed by atoms with van der Waals surface area (Å²) in [4.78, 5) is 23.2. The number of amides is 1. The van der Waals surface area contributed by atoms with Gasteiger partial charge in [-0.2, -0.15) is 0 Å². The third-order valence-electron chi connectivity index (χ3n) is 3.63. The third kappa shape index (κ3) is 5.06. The van der Waals surface area contributed by atoms with Crippen LogP contribution in [0.5, 0.6) is 0 Å². The fraction of sp³-hybridized carbons (Fsp3) is 0.529. The highest BCUT2D eigenvalue weighted by atomic mass is 31.2. The van der Waals surface area contributed by atoms with Crippen molar-refractivity contribution in [2.45, 2.75) is 39.4 Å². The molecule has 0 saturated carbocycles. The molecule has 26 heavy (non-hydrogen) atoms. The predicted octanol–water partition coefficient (Wildman–Crippen LogP) is 3.37. The summed E-state index contributed by atoms with van der Waals surface area (Å²) in [6, 6.07) is 6.69. The lowest BCUT2D eigenvalue weighted by Crippen LogP contribution is -2.38. The lowest BCUT2D eigenvalue weighted by molar-refractivity contribution is 0.0504. The highest BCUT2D eigenvalue weighted by Gasteiger charge is 2.44. The molecule has 144 valence electrons. The van der Waals surface area contributed by atoms with Gasteiger partial charge >= 0.3 is 13.8 Å². The van der Waals surface area contributed by atoms with Crippen molar-refractivity contribution in [1.29, 1.82) is 0 Å². The Morgan fingerprint density at radius 3 is 2.42 bits per heavy atom. The van der Waals surface area contributed by atoms with Crippen molar-refractivity contribution >= 4 is 25.3 Å². The molecule has 1 aliphatic heterocycles. The molecule has 8 nitrogen and oxygen atoms in total. The Bertz CT molecular complexity index is 713. The fourth-order valence-corrected chi connectivity index (χ4v) is 4.15. The number of ketones is 1. The maximum Gasteiger partial charge on any atom is 0.435 e. The first kappa shape index (κ1) is 20.4. The van der Waals surface area contributed by atoms with Crippen molar-refractivity contribution in [3.63, 3.8) is 0 Å². The Labute approximate surface area is 153 Å². The van der Waals surface area contributed by atoms with Gasteiger partial charge in [-0.1, -0.05) is 0 Å². The van der Waals surface area contributed by atoms with Crippen LogP contribution in [0.4, 0.5) is 10.5 Å². The molecule has 0 aliphatic carbocycles. The van der Waals surface area contributed by atoms with Crippen LogP contribution < -0.4 is 9.99 Å². The van der Waals surface area contributed by atoms with Gasteiger partial charge < -0.3 is 10.1 Å². The quantitative estimate of drug-likeness (QED) is 0.614. The maximum atomic E-state index is 12.9. The second-order valence-electron chi connectivity index (χ2n) is 6.95. The summed E-state index contributed by atoms with van der Waals surface area (Å²) < 4.78 is 30.2. The van der Waals surface area contributed by atoms with Crippen LogP contribution in [-0.2, 0) is 18.3 Å². The van der Waals surface area contributed by atoms with Crippen LogP contribution >= 0.6 is 7.75 Å². The number of hydrogen-bond donors (Lipinski definition) is 1. The first-order valence-electron chi connectivity index (χ1n) is 8.24. The van der Waals surface area contributed by atoms with Gasteiger partial charge in [-0.25, -0.2) is 9.36 Å². The number of nitrogens with one attached hydrogen (secondary N) is 1. The van der Waals surface area contributed by atoms with Crippen molar-refractivity contribution in [2.75, 3.05) is 24.9 Å². The van der Waals surface area contributed by atoms with Crippen LogP contribution in [0.25, 0.3) is 0 Å². The predicted molar refractivity (Wildman–Crippen MR) is 97.5 cm³/mol. The van der Waals surface area contributed by atoms with Gasteiger partial charge in [0.1, 0.15) is 11.7 Å². The van der Waals surface area contributed by atoms with Gasteiger partial charge in [-0.3, -0.25) is 18.5 Å². The summed E-state index contributed by atoms with van der Waals surface area (Å²) in [5.41, 5.74) is 0.566. The van der Waals surface area contributed by atoms with E-state index in [9.17, 15) is 14.2 Å². The SMILES string of the molecule is CO[P@@]1(=O)O[C@@H](CNC(=O)OC(C)(C)C)CN1c1ccc(C(C)=O)cc1. The smallest absolute Gasteiger partial charge is 0.435 e. The Hall–Kier alpha value is -1.89. The van der Waals surface area contributed by atoms with Crippen molar-refractivity contribution in [3.05, 3.63) is 29.8 Å². The van der Waals surface area contributed by atoms with E-state index in [4.69, 9.17) is 13.8 Å². The zero-order valence-electron chi connectivity index (χ0n) is 15.6. The second kappa shape index (κ2) is 7.78. The number of rotatable bonds is 5. The molecule has 9 heteroatoms. The van der Waals surface area contributed by atoms with E-state index in [1.807, 2.05) is 0 Å². The van der Waals surface area contributed by atoms with Crippen molar-refractivity contribution in [2.24, 2.45) is 0 Å². The summed E-state index contributed by atoms with van der Waals surface area (Å²) in [6.07, 6.45) is -1.10. The van der Waals surface area contributed by atoms with E-state index in [0.29, 0.717) is 11.3 Å². The number of anilines is 1. The van der Waals surface area contributed by atoms with Crippen LogP contribution in [0.3, 0.4) is 0 Å². The highest BCUT2D eigenvalue weighted by Crippen LogP contribution is 2.58. The fourth-order valence-electron chi connectivity index (χ4n) is 2.44. The third-order valence-corrected chi connectivity index (χ3v) is 5.64. The summed E-state index contributed by atoms with van der Waals surface area (Å²) >= 11 is 0. The number of nitrogens with zero attached hydrogens (tertiary/aromatic N) is 1. The van der Waals surface area contributed by atoms with Gasteiger partial charge in [0.2, 0.25) is 0 Å². The molecular weight excluding hydrogens is 359 g/mol. The number of carbonyl (C=O) groups excluding carboxylic acids is 2. The molecule has 1 heterocycles. The molecule has 1 fully saturated rings. The second-order valence-corrected chi connectivity index (χ2v) is 8.94. The first-order chi connectivity index (χ1) is 12.0. The molecule has 1 saturated heterocycles. The maximum absolute atomic E-state index is 12.9. The molecule has 0 spiro atoms. The molecule has 1 amide bonds. The standard InChI is InChI=1S/C17H25N2O6P/c1-12(20)13-6-8-14(9-7-13)19-11-15(25-26(19,22)23-5)10-18-16(21)24-17(2,3)4/h6-9,15H,10-11H2,1-5H3,(H,18,21)/t15-,26+/m0/s1. The van der Waals surface area contributed by atoms with Gasteiger partial charge in [-0.15, -0.1) is 0 Å². The summed E-state index contributed by atoms with van der Waals surface area (Å²) in [7, 11) is -2.22. The van der Waals surface area contributed by atoms with E-state index in [0.717, 1.165) is 0 Å². The number of hydrogen-bond acceptors (Lipinski definition) is 6. The van der Waals surface area contributed by atoms with E-state index in [-0.39, 0.29) is 18.9 Å². The average Bonchev–Trinajstić information content (AvgIpc) is 2.89. The molecule has 0 unspecified atom stereocenters. The summed E-state index contributed by atoms with van der Waals surface area (Å²) in [6.45, 7) is 7.18. The number of ether oxygens (including phenoxy) is 1. The molecule has 0 radical (unpaired) electrons. The first-order valence-corrected chi connectivity index (χ1v) is 9.73. The summed E-state index contributed by atoms with van der Waals surface area (Å²) in [5.74, 6) is -0.0522. The van der Waals surface area contributed by atoms with Crippen LogP contribution in [0, 0.1) is 0 Å². The van der Waals surface area contributed by atoms with Crippen molar-refractivity contribution in [3.8, 4) is 0 Å². The van der Waals surface area contributed by atoms with E-state index in [2.05, 4.69) is 5.32 Å². The monoisotopic (exact) mass is 384 g/mol. The molecule has 1 aromatic rings. The largest absolute Gasteiger partial charge is 0.444 e. The Morgan fingerprint density at radius 1 is 1.31 bits per heavy atom. The van der Waals surface area contributed by atoms with Crippen molar-refractivity contribution < 1.29 is 27.9 Å². The lowest BCUT2D eigenvalue weighted by Gasteiger charge is -2.22. The Morgan fingerprint density at radius 2 is 1.92 bits per heavy atom. The molecule has 0 aromatic heterocycles. The van der Waals surface area contributed by atoms with E-state index in [1.165, 1.54) is 18.7 Å². The minimum absolute atomic E-state index is 0.0522. The topological polar surface area (TPSA) is 94.2 Å². The van der Waals surface area contributed by atoms with Gasteiger partial charge in [0.15, 0.2) is 5.78 Å². The minimum atomic E-state index is -3.52. The number of Topliss-reactive ketones (excluding diaryl/α,β-unsaturated/α-hetero) is 1. The van der Waals surface area contributed by atoms with E-state index in [1.54, 1.807) is 45.0 Å².